The lowest BCUT2D eigenvalue weighted by Gasteiger charge is -2.24. The minimum atomic E-state index is -0.642. The van der Waals surface area contributed by atoms with Crippen LogP contribution in [0.25, 0.3) is 0 Å². The SMILES string of the molecule is CCCn1ccnc1C(=O)C1(C)COCC1N. The van der Waals surface area contributed by atoms with E-state index in [4.69, 9.17) is 10.5 Å². The zero-order valence-electron chi connectivity index (χ0n) is 10.3. The number of aromatic nitrogens is 2. The molecule has 0 aromatic carbocycles. The molecule has 0 spiro atoms. The van der Waals surface area contributed by atoms with Crippen molar-refractivity contribution in [2.75, 3.05) is 13.2 Å². The fraction of sp³-hybridized carbons (Fsp3) is 0.667. The highest BCUT2D eigenvalue weighted by molar-refractivity contribution is 5.98. The first-order valence-corrected chi connectivity index (χ1v) is 5.99. The number of carbonyl (C=O) groups is 1. The van der Waals surface area contributed by atoms with Crippen LogP contribution < -0.4 is 5.73 Å². The van der Waals surface area contributed by atoms with E-state index in [2.05, 4.69) is 11.9 Å². The maximum Gasteiger partial charge on any atom is 0.208 e. The molecule has 1 aliphatic heterocycles. The molecule has 0 radical (unpaired) electrons. The van der Waals surface area contributed by atoms with E-state index >= 15 is 0 Å². The van der Waals surface area contributed by atoms with E-state index in [9.17, 15) is 4.79 Å². The van der Waals surface area contributed by atoms with Crippen LogP contribution in [0.3, 0.4) is 0 Å². The van der Waals surface area contributed by atoms with Crippen molar-refractivity contribution >= 4 is 5.78 Å². The van der Waals surface area contributed by atoms with Crippen LogP contribution in [-0.2, 0) is 11.3 Å². The third-order valence-electron chi connectivity index (χ3n) is 3.42. The van der Waals surface area contributed by atoms with Gasteiger partial charge in [-0.15, -0.1) is 0 Å². The summed E-state index contributed by atoms with van der Waals surface area (Å²) in [5, 5.41) is 0. The summed E-state index contributed by atoms with van der Waals surface area (Å²) in [5.41, 5.74) is 5.32. The van der Waals surface area contributed by atoms with Gasteiger partial charge in [0, 0.05) is 25.0 Å². The van der Waals surface area contributed by atoms with Crippen LogP contribution in [0.15, 0.2) is 12.4 Å². The van der Waals surface area contributed by atoms with Gasteiger partial charge in [-0.2, -0.15) is 0 Å². The van der Waals surface area contributed by atoms with E-state index in [0.29, 0.717) is 19.0 Å². The van der Waals surface area contributed by atoms with Crippen molar-refractivity contribution in [3.63, 3.8) is 0 Å². The second-order valence-electron chi connectivity index (χ2n) is 4.81. The summed E-state index contributed by atoms with van der Waals surface area (Å²) in [5.74, 6) is 0.483. The normalized spacial score (nSPS) is 28.5. The number of Topliss-reactive ketones (excluding diaryl/α,β-unsaturated/α-hetero) is 1. The first-order chi connectivity index (χ1) is 8.09. The van der Waals surface area contributed by atoms with E-state index in [1.165, 1.54) is 0 Å². The van der Waals surface area contributed by atoms with Crippen molar-refractivity contribution in [2.24, 2.45) is 11.1 Å². The number of ketones is 1. The van der Waals surface area contributed by atoms with Crippen molar-refractivity contribution in [1.82, 2.24) is 9.55 Å². The van der Waals surface area contributed by atoms with E-state index in [1.807, 2.05) is 17.7 Å². The Morgan fingerprint density at radius 1 is 1.76 bits per heavy atom. The summed E-state index contributed by atoms with van der Waals surface area (Å²) in [4.78, 5) is 16.7. The lowest BCUT2D eigenvalue weighted by atomic mass is 9.81. The first kappa shape index (κ1) is 12.3. The van der Waals surface area contributed by atoms with Gasteiger partial charge in [0.2, 0.25) is 5.78 Å². The number of imidazole rings is 1. The number of hydrogen-bond acceptors (Lipinski definition) is 4. The molecule has 1 aliphatic rings. The number of rotatable bonds is 4. The van der Waals surface area contributed by atoms with Crippen LogP contribution in [0, 0.1) is 5.41 Å². The molecule has 2 atom stereocenters. The van der Waals surface area contributed by atoms with Gasteiger partial charge in [-0.05, 0) is 13.3 Å². The molecule has 1 saturated heterocycles. The smallest absolute Gasteiger partial charge is 0.208 e. The van der Waals surface area contributed by atoms with Gasteiger partial charge in [0.25, 0.3) is 0 Å². The molecule has 5 nitrogen and oxygen atoms in total. The first-order valence-electron chi connectivity index (χ1n) is 5.99. The average molecular weight is 237 g/mol. The van der Waals surface area contributed by atoms with Crippen LogP contribution in [0.1, 0.15) is 30.9 Å². The van der Waals surface area contributed by atoms with Crippen molar-refractivity contribution < 1.29 is 9.53 Å². The number of hydrogen-bond donors (Lipinski definition) is 1. The Kier molecular flexibility index (Phi) is 3.31. The van der Waals surface area contributed by atoms with E-state index in [-0.39, 0.29) is 11.8 Å². The van der Waals surface area contributed by atoms with Gasteiger partial charge < -0.3 is 15.0 Å². The molecule has 0 saturated carbocycles. The van der Waals surface area contributed by atoms with E-state index in [0.717, 1.165) is 13.0 Å². The molecule has 2 unspecified atom stereocenters. The molecule has 1 aromatic heterocycles. The summed E-state index contributed by atoms with van der Waals surface area (Å²) in [6, 6.07) is -0.248. The Labute approximate surface area is 101 Å². The minimum absolute atomic E-state index is 0.0130. The van der Waals surface area contributed by atoms with Crippen LogP contribution >= 0.6 is 0 Å². The van der Waals surface area contributed by atoms with Gasteiger partial charge in [-0.1, -0.05) is 6.92 Å². The fourth-order valence-electron chi connectivity index (χ4n) is 2.12. The second-order valence-corrected chi connectivity index (χ2v) is 4.81. The predicted molar refractivity (Wildman–Crippen MR) is 63.7 cm³/mol. The molecule has 94 valence electrons. The van der Waals surface area contributed by atoms with Crippen molar-refractivity contribution in [3.8, 4) is 0 Å². The van der Waals surface area contributed by atoms with E-state index in [1.54, 1.807) is 6.20 Å². The highest BCUT2D eigenvalue weighted by Gasteiger charge is 2.46. The Balaban J connectivity index is 2.27. The third kappa shape index (κ3) is 2.00. The van der Waals surface area contributed by atoms with Crippen LogP contribution in [0.2, 0.25) is 0 Å². The quantitative estimate of drug-likeness (QED) is 0.788. The number of nitrogens with two attached hydrogens (primary N) is 1. The van der Waals surface area contributed by atoms with Crippen LogP contribution in [0.4, 0.5) is 0 Å². The maximum absolute atomic E-state index is 12.5. The number of nitrogens with zero attached hydrogens (tertiary/aromatic N) is 2. The van der Waals surface area contributed by atoms with Gasteiger partial charge >= 0.3 is 0 Å². The summed E-state index contributed by atoms with van der Waals surface area (Å²) in [7, 11) is 0. The van der Waals surface area contributed by atoms with Gasteiger partial charge in [-0.3, -0.25) is 4.79 Å². The predicted octanol–water partition coefficient (Wildman–Crippen LogP) is 0.840. The molecule has 1 aromatic rings. The molecule has 2 N–H and O–H groups in total. The lowest BCUT2D eigenvalue weighted by molar-refractivity contribution is 0.0751. The molecule has 2 rings (SSSR count). The third-order valence-corrected chi connectivity index (χ3v) is 3.42. The molecule has 0 amide bonds. The monoisotopic (exact) mass is 237 g/mol. The number of aryl methyl sites for hydroxylation is 1. The standard InChI is InChI=1S/C12H19N3O2/c1-3-5-15-6-4-14-11(15)10(16)12(2)8-17-7-9(12)13/h4,6,9H,3,5,7-8,13H2,1-2H3. The molecule has 1 fully saturated rings. The van der Waals surface area contributed by atoms with Gasteiger partial charge in [0.05, 0.1) is 18.6 Å². The van der Waals surface area contributed by atoms with Gasteiger partial charge in [0.1, 0.15) is 0 Å². The summed E-state index contributed by atoms with van der Waals surface area (Å²) in [6.07, 6.45) is 4.46. The molecule has 2 heterocycles. The maximum atomic E-state index is 12.5. The highest BCUT2D eigenvalue weighted by Crippen LogP contribution is 2.30. The van der Waals surface area contributed by atoms with Crippen molar-refractivity contribution in [3.05, 3.63) is 18.2 Å². The van der Waals surface area contributed by atoms with Crippen LogP contribution in [0.5, 0.6) is 0 Å². The Morgan fingerprint density at radius 3 is 3.12 bits per heavy atom. The summed E-state index contributed by atoms with van der Waals surface area (Å²) < 4.78 is 7.20. The summed E-state index contributed by atoms with van der Waals surface area (Å²) in [6.45, 7) is 5.55. The zero-order chi connectivity index (χ0) is 12.5. The number of ether oxygens (including phenoxy) is 1. The molecular weight excluding hydrogens is 218 g/mol. The number of carbonyl (C=O) groups excluding carboxylic acids is 1. The van der Waals surface area contributed by atoms with Gasteiger partial charge in [-0.25, -0.2) is 4.98 Å². The highest BCUT2D eigenvalue weighted by atomic mass is 16.5. The topological polar surface area (TPSA) is 70.1 Å². The largest absolute Gasteiger partial charge is 0.379 e. The Bertz CT molecular complexity index is 416. The average Bonchev–Trinajstić information content (AvgIpc) is 2.88. The molecule has 0 bridgehead atoms. The van der Waals surface area contributed by atoms with E-state index < -0.39 is 5.41 Å². The molecule has 0 aliphatic carbocycles. The molecule has 17 heavy (non-hydrogen) atoms. The molecular formula is C12H19N3O2. The minimum Gasteiger partial charge on any atom is -0.379 e. The lowest BCUT2D eigenvalue weighted by Crippen LogP contribution is -2.45. The van der Waals surface area contributed by atoms with Crippen LogP contribution in [-0.4, -0.2) is 34.6 Å². The Morgan fingerprint density at radius 2 is 2.53 bits per heavy atom. The summed E-state index contributed by atoms with van der Waals surface area (Å²) >= 11 is 0. The zero-order valence-corrected chi connectivity index (χ0v) is 10.3. The second kappa shape index (κ2) is 4.58. The van der Waals surface area contributed by atoms with Crippen molar-refractivity contribution in [2.45, 2.75) is 32.9 Å². The molecule has 5 heteroatoms. The Hall–Kier alpha value is -1.20. The fourth-order valence-corrected chi connectivity index (χ4v) is 2.12. The van der Waals surface area contributed by atoms with Gasteiger partial charge in [0.15, 0.2) is 5.82 Å². The van der Waals surface area contributed by atoms with Crippen molar-refractivity contribution in [1.29, 1.82) is 0 Å².